The van der Waals surface area contributed by atoms with Gasteiger partial charge in [0.25, 0.3) is 10.0 Å². The van der Waals surface area contributed by atoms with Gasteiger partial charge >= 0.3 is 0 Å². The van der Waals surface area contributed by atoms with Crippen molar-refractivity contribution in [1.82, 2.24) is 14.3 Å². The van der Waals surface area contributed by atoms with Crippen LogP contribution in [0.25, 0.3) is 11.4 Å². The monoisotopic (exact) mass is 434 g/mol. The van der Waals surface area contributed by atoms with E-state index in [0.29, 0.717) is 34.4 Å². The van der Waals surface area contributed by atoms with Gasteiger partial charge in [0.1, 0.15) is 9.90 Å². The van der Waals surface area contributed by atoms with Crippen molar-refractivity contribution in [2.45, 2.75) is 17.1 Å². The molecule has 3 aromatic rings. The van der Waals surface area contributed by atoms with E-state index in [1.165, 1.54) is 27.0 Å². The molecule has 1 N–H and O–H groups in total. The van der Waals surface area contributed by atoms with E-state index in [0.717, 1.165) is 5.69 Å². The topological polar surface area (TPSA) is 92.3 Å². The fourth-order valence-corrected chi connectivity index (χ4v) is 6.46. The Balaban J connectivity index is 1.43. The molecule has 4 heterocycles. The molecule has 4 rings (SSSR count). The predicted molar refractivity (Wildman–Crippen MR) is 110 cm³/mol. The third-order valence-electron chi connectivity index (χ3n) is 4.51. The third kappa shape index (κ3) is 4.00. The van der Waals surface area contributed by atoms with E-state index in [1.807, 2.05) is 23.6 Å². The van der Waals surface area contributed by atoms with Gasteiger partial charge in [-0.25, -0.2) is 13.4 Å². The van der Waals surface area contributed by atoms with Crippen LogP contribution in [0.4, 0.5) is 5.13 Å². The molecule has 7 nitrogen and oxygen atoms in total. The third-order valence-corrected chi connectivity index (χ3v) is 8.50. The van der Waals surface area contributed by atoms with Gasteiger partial charge in [0, 0.05) is 24.7 Å². The molecule has 10 heteroatoms. The lowest BCUT2D eigenvalue weighted by Gasteiger charge is -2.30. The largest absolute Gasteiger partial charge is 0.302 e. The molecule has 146 valence electrons. The van der Waals surface area contributed by atoms with Crippen LogP contribution in [-0.2, 0) is 14.8 Å². The Morgan fingerprint density at radius 2 is 2.07 bits per heavy atom. The SMILES string of the molecule is O=C(Nc1nc(-c2ccccn2)cs1)C1CCCN(S(=O)(=O)c2cccs2)C1. The molecule has 1 unspecified atom stereocenters. The summed E-state index contributed by atoms with van der Waals surface area (Å²) in [6, 6.07) is 8.88. The van der Waals surface area contributed by atoms with Crippen LogP contribution in [0.3, 0.4) is 0 Å². The minimum absolute atomic E-state index is 0.185. The number of piperidine rings is 1. The standard InChI is InChI=1S/C18H18N4O3S3/c23-17(21-18-20-15(12-27-18)14-6-1-2-8-19-14)13-5-3-9-22(11-13)28(24,25)16-7-4-10-26-16/h1-2,4,6-8,10,12-13H,3,5,9,11H2,(H,20,21,23). The highest BCUT2D eigenvalue weighted by molar-refractivity contribution is 7.91. The number of aromatic nitrogens is 2. The normalized spacial score (nSPS) is 18.1. The first-order chi connectivity index (χ1) is 13.5. The number of sulfonamides is 1. The number of amides is 1. The number of hydrogen-bond donors (Lipinski definition) is 1. The molecular formula is C18H18N4O3S3. The quantitative estimate of drug-likeness (QED) is 0.665. The summed E-state index contributed by atoms with van der Waals surface area (Å²) in [5, 5.41) is 6.90. The van der Waals surface area contributed by atoms with Crippen LogP contribution in [0, 0.1) is 5.92 Å². The van der Waals surface area contributed by atoms with Crippen molar-refractivity contribution in [3.8, 4) is 11.4 Å². The minimum Gasteiger partial charge on any atom is -0.302 e. The summed E-state index contributed by atoms with van der Waals surface area (Å²) >= 11 is 2.52. The average molecular weight is 435 g/mol. The molecule has 0 radical (unpaired) electrons. The van der Waals surface area contributed by atoms with Gasteiger partial charge in [-0.05, 0) is 36.4 Å². The summed E-state index contributed by atoms with van der Waals surface area (Å²) in [5.74, 6) is -0.598. The second-order valence-corrected chi connectivity index (χ2v) is 10.3. The number of carbonyl (C=O) groups excluding carboxylic acids is 1. The number of carbonyl (C=O) groups is 1. The molecule has 1 fully saturated rings. The molecule has 1 aliphatic rings. The van der Waals surface area contributed by atoms with Crippen LogP contribution >= 0.6 is 22.7 Å². The number of anilines is 1. The lowest BCUT2D eigenvalue weighted by atomic mass is 9.99. The number of thiophene rings is 1. The first-order valence-corrected chi connectivity index (χ1v) is 12.0. The molecule has 1 aliphatic heterocycles. The zero-order valence-corrected chi connectivity index (χ0v) is 17.3. The van der Waals surface area contributed by atoms with Gasteiger partial charge in [0.05, 0.1) is 11.6 Å². The van der Waals surface area contributed by atoms with Crippen molar-refractivity contribution in [3.05, 3.63) is 47.3 Å². The molecular weight excluding hydrogens is 416 g/mol. The molecule has 28 heavy (non-hydrogen) atoms. The van der Waals surface area contributed by atoms with Gasteiger partial charge in [-0.2, -0.15) is 4.31 Å². The van der Waals surface area contributed by atoms with Crippen molar-refractivity contribution in [2.24, 2.45) is 5.92 Å². The van der Waals surface area contributed by atoms with Crippen LogP contribution in [0.1, 0.15) is 12.8 Å². The Bertz CT molecular complexity index is 1050. The van der Waals surface area contributed by atoms with Crippen molar-refractivity contribution in [1.29, 1.82) is 0 Å². The second-order valence-electron chi connectivity index (χ2n) is 6.38. The van der Waals surface area contributed by atoms with E-state index in [1.54, 1.807) is 23.7 Å². The van der Waals surface area contributed by atoms with Crippen LogP contribution in [0.15, 0.2) is 51.5 Å². The maximum absolute atomic E-state index is 12.7. The van der Waals surface area contributed by atoms with E-state index < -0.39 is 15.9 Å². The summed E-state index contributed by atoms with van der Waals surface area (Å²) in [5.41, 5.74) is 1.44. The van der Waals surface area contributed by atoms with Crippen molar-refractivity contribution in [2.75, 3.05) is 18.4 Å². The lowest BCUT2D eigenvalue weighted by molar-refractivity contribution is -0.120. The molecule has 1 saturated heterocycles. The number of rotatable bonds is 5. The van der Waals surface area contributed by atoms with E-state index in [-0.39, 0.29) is 12.5 Å². The molecule has 1 atom stereocenters. The zero-order chi connectivity index (χ0) is 19.6. The van der Waals surface area contributed by atoms with E-state index in [4.69, 9.17) is 0 Å². The highest BCUT2D eigenvalue weighted by Crippen LogP contribution is 2.28. The summed E-state index contributed by atoms with van der Waals surface area (Å²) in [4.78, 5) is 21.4. The number of thiazole rings is 1. The molecule has 1 amide bonds. The van der Waals surface area contributed by atoms with Crippen LogP contribution in [0.5, 0.6) is 0 Å². The Labute approximate surface area is 171 Å². The zero-order valence-electron chi connectivity index (χ0n) is 14.8. The summed E-state index contributed by atoms with van der Waals surface area (Å²) in [6.45, 7) is 0.621. The fraction of sp³-hybridized carbons (Fsp3) is 0.278. The Morgan fingerprint density at radius 1 is 1.18 bits per heavy atom. The lowest BCUT2D eigenvalue weighted by Crippen LogP contribution is -2.43. The highest BCUT2D eigenvalue weighted by Gasteiger charge is 2.34. The number of hydrogen-bond acceptors (Lipinski definition) is 7. The molecule has 3 aromatic heterocycles. The van der Waals surface area contributed by atoms with Crippen LogP contribution in [0.2, 0.25) is 0 Å². The van der Waals surface area contributed by atoms with Gasteiger partial charge in [-0.15, -0.1) is 22.7 Å². The van der Waals surface area contributed by atoms with Crippen molar-refractivity contribution < 1.29 is 13.2 Å². The van der Waals surface area contributed by atoms with Gasteiger partial charge in [-0.1, -0.05) is 12.1 Å². The van der Waals surface area contributed by atoms with Gasteiger partial charge in [-0.3, -0.25) is 9.78 Å². The van der Waals surface area contributed by atoms with Gasteiger partial charge in [0.2, 0.25) is 5.91 Å². The Hall–Kier alpha value is -2.14. The van der Waals surface area contributed by atoms with Crippen LogP contribution < -0.4 is 5.32 Å². The average Bonchev–Trinajstić information content (AvgIpc) is 3.41. The Morgan fingerprint density at radius 3 is 2.82 bits per heavy atom. The smallest absolute Gasteiger partial charge is 0.252 e. The highest BCUT2D eigenvalue weighted by atomic mass is 32.2. The summed E-state index contributed by atoms with van der Waals surface area (Å²) in [6.07, 6.45) is 3.00. The van der Waals surface area contributed by atoms with Gasteiger partial charge < -0.3 is 5.32 Å². The second kappa shape index (κ2) is 8.08. The van der Waals surface area contributed by atoms with Crippen molar-refractivity contribution >= 4 is 43.7 Å². The molecule has 0 aliphatic carbocycles. The molecule has 0 saturated carbocycles. The number of pyridine rings is 1. The predicted octanol–water partition coefficient (Wildman–Crippen LogP) is 3.31. The molecule has 0 bridgehead atoms. The maximum atomic E-state index is 12.7. The summed E-state index contributed by atoms with van der Waals surface area (Å²) < 4.78 is 27.2. The summed E-state index contributed by atoms with van der Waals surface area (Å²) in [7, 11) is -3.54. The first kappa shape index (κ1) is 19.2. The first-order valence-electron chi connectivity index (χ1n) is 8.75. The van der Waals surface area contributed by atoms with E-state index in [9.17, 15) is 13.2 Å². The van der Waals surface area contributed by atoms with Gasteiger partial charge in [0.15, 0.2) is 5.13 Å². The van der Waals surface area contributed by atoms with Crippen molar-refractivity contribution in [3.63, 3.8) is 0 Å². The maximum Gasteiger partial charge on any atom is 0.252 e. The van der Waals surface area contributed by atoms with E-state index >= 15 is 0 Å². The Kier molecular flexibility index (Phi) is 5.54. The van der Waals surface area contributed by atoms with Crippen LogP contribution in [-0.4, -0.2) is 41.7 Å². The minimum atomic E-state index is -3.54. The number of nitrogens with one attached hydrogen (secondary N) is 1. The molecule has 0 aromatic carbocycles. The fourth-order valence-electron chi connectivity index (χ4n) is 3.08. The molecule has 0 spiro atoms. The van der Waals surface area contributed by atoms with E-state index in [2.05, 4.69) is 15.3 Å². The number of nitrogens with zero attached hydrogens (tertiary/aromatic N) is 3.